The highest BCUT2D eigenvalue weighted by molar-refractivity contribution is 5.94. The molecule has 24 heavy (non-hydrogen) atoms. The maximum absolute atomic E-state index is 12.3. The van der Waals surface area contributed by atoms with Crippen molar-refractivity contribution < 1.29 is 9.53 Å². The first-order valence-electron chi connectivity index (χ1n) is 8.24. The van der Waals surface area contributed by atoms with Gasteiger partial charge in [0.2, 0.25) is 0 Å². The summed E-state index contributed by atoms with van der Waals surface area (Å²) in [6, 6.07) is 7.90. The number of carbonyl (C=O) groups is 1. The molecule has 2 aromatic rings. The monoisotopic (exact) mass is 329 g/mol. The van der Waals surface area contributed by atoms with Gasteiger partial charge in [-0.25, -0.2) is 9.67 Å². The van der Waals surface area contributed by atoms with Gasteiger partial charge in [0.05, 0.1) is 19.8 Å². The van der Waals surface area contributed by atoms with Crippen LogP contribution in [0.15, 0.2) is 36.9 Å². The zero-order chi connectivity index (χ0) is 16.8. The SMILES string of the molecule is CC(CNC(=O)c1ccc(Cn2cncn2)cc1)N1CCOCC1. The first kappa shape index (κ1) is 16.6. The van der Waals surface area contributed by atoms with Crippen molar-refractivity contribution in [3.05, 3.63) is 48.0 Å². The van der Waals surface area contributed by atoms with Crippen LogP contribution in [0.4, 0.5) is 0 Å². The average Bonchev–Trinajstić information content (AvgIpc) is 3.14. The molecular formula is C17H23N5O2. The molecule has 1 aliphatic heterocycles. The fourth-order valence-electron chi connectivity index (χ4n) is 2.75. The van der Waals surface area contributed by atoms with Gasteiger partial charge in [-0.2, -0.15) is 5.10 Å². The number of ether oxygens (including phenoxy) is 1. The van der Waals surface area contributed by atoms with E-state index in [9.17, 15) is 4.79 Å². The van der Waals surface area contributed by atoms with E-state index < -0.39 is 0 Å². The molecule has 7 nitrogen and oxygen atoms in total. The van der Waals surface area contributed by atoms with Crippen molar-refractivity contribution >= 4 is 5.91 Å². The van der Waals surface area contributed by atoms with E-state index >= 15 is 0 Å². The summed E-state index contributed by atoms with van der Waals surface area (Å²) in [7, 11) is 0. The van der Waals surface area contributed by atoms with Crippen molar-refractivity contribution in [2.45, 2.75) is 19.5 Å². The highest BCUT2D eigenvalue weighted by Gasteiger charge is 2.17. The lowest BCUT2D eigenvalue weighted by Gasteiger charge is -2.32. The summed E-state index contributed by atoms with van der Waals surface area (Å²) in [6.07, 6.45) is 3.19. The summed E-state index contributed by atoms with van der Waals surface area (Å²) in [6.45, 7) is 6.81. The molecule has 0 bridgehead atoms. The zero-order valence-electron chi connectivity index (χ0n) is 13.9. The second kappa shape index (κ2) is 8.03. The molecule has 0 spiro atoms. The maximum atomic E-state index is 12.3. The van der Waals surface area contributed by atoms with Gasteiger partial charge >= 0.3 is 0 Å². The lowest BCUT2D eigenvalue weighted by atomic mass is 10.1. The summed E-state index contributed by atoms with van der Waals surface area (Å²) in [5.74, 6) is -0.0394. The maximum Gasteiger partial charge on any atom is 0.251 e. The molecule has 1 aromatic carbocycles. The van der Waals surface area contributed by atoms with E-state index in [1.807, 2.05) is 24.3 Å². The van der Waals surface area contributed by atoms with E-state index in [0.29, 0.717) is 24.7 Å². The minimum Gasteiger partial charge on any atom is -0.379 e. The van der Waals surface area contributed by atoms with Crippen molar-refractivity contribution in [1.29, 1.82) is 0 Å². The number of amides is 1. The molecule has 3 rings (SSSR count). The quantitative estimate of drug-likeness (QED) is 0.848. The van der Waals surface area contributed by atoms with Crippen molar-refractivity contribution in [2.24, 2.45) is 0 Å². The highest BCUT2D eigenvalue weighted by atomic mass is 16.5. The van der Waals surface area contributed by atoms with Gasteiger partial charge in [0.15, 0.2) is 0 Å². The fourth-order valence-corrected chi connectivity index (χ4v) is 2.75. The number of aromatic nitrogens is 3. The van der Waals surface area contributed by atoms with Crippen LogP contribution in [0.5, 0.6) is 0 Å². The molecule has 0 saturated carbocycles. The molecule has 1 N–H and O–H groups in total. The van der Waals surface area contributed by atoms with Crippen molar-refractivity contribution in [3.63, 3.8) is 0 Å². The molecule has 2 heterocycles. The molecule has 1 atom stereocenters. The molecule has 1 saturated heterocycles. The summed E-state index contributed by atoms with van der Waals surface area (Å²) < 4.78 is 7.10. The third kappa shape index (κ3) is 4.39. The first-order valence-corrected chi connectivity index (χ1v) is 8.24. The second-order valence-electron chi connectivity index (χ2n) is 6.00. The Labute approximate surface area is 141 Å². The number of carbonyl (C=O) groups excluding carboxylic acids is 1. The average molecular weight is 329 g/mol. The van der Waals surface area contributed by atoms with Crippen molar-refractivity contribution in [2.75, 3.05) is 32.8 Å². The van der Waals surface area contributed by atoms with Crippen LogP contribution in [-0.2, 0) is 11.3 Å². The van der Waals surface area contributed by atoms with Gasteiger partial charge < -0.3 is 10.1 Å². The van der Waals surface area contributed by atoms with Gasteiger partial charge in [-0.3, -0.25) is 9.69 Å². The van der Waals surface area contributed by atoms with Crippen molar-refractivity contribution in [1.82, 2.24) is 25.0 Å². The number of hydrogen-bond donors (Lipinski definition) is 1. The smallest absolute Gasteiger partial charge is 0.251 e. The Balaban J connectivity index is 1.49. The Kier molecular flexibility index (Phi) is 5.55. The minimum absolute atomic E-state index is 0.0394. The van der Waals surface area contributed by atoms with Crippen LogP contribution in [0.2, 0.25) is 0 Å². The molecule has 1 aromatic heterocycles. The topological polar surface area (TPSA) is 72.3 Å². The number of morpholine rings is 1. The van der Waals surface area contributed by atoms with Crippen LogP contribution in [-0.4, -0.2) is 64.5 Å². The number of rotatable bonds is 6. The number of nitrogens with one attached hydrogen (secondary N) is 1. The Morgan fingerprint density at radius 1 is 1.29 bits per heavy atom. The van der Waals surface area contributed by atoms with Gasteiger partial charge in [0.25, 0.3) is 5.91 Å². The molecular weight excluding hydrogens is 306 g/mol. The van der Waals surface area contributed by atoms with Crippen LogP contribution in [0, 0.1) is 0 Å². The summed E-state index contributed by atoms with van der Waals surface area (Å²) >= 11 is 0. The highest BCUT2D eigenvalue weighted by Crippen LogP contribution is 2.07. The van der Waals surface area contributed by atoms with Crippen LogP contribution >= 0.6 is 0 Å². The molecule has 0 radical (unpaired) electrons. The fraction of sp³-hybridized carbons (Fsp3) is 0.471. The lowest BCUT2D eigenvalue weighted by Crippen LogP contribution is -2.47. The van der Waals surface area contributed by atoms with Crippen LogP contribution in [0.3, 0.4) is 0 Å². The predicted octanol–water partition coefficient (Wildman–Crippen LogP) is 0.777. The van der Waals surface area contributed by atoms with Gasteiger partial charge in [-0.05, 0) is 24.6 Å². The summed E-state index contributed by atoms with van der Waals surface area (Å²) in [5.41, 5.74) is 1.75. The van der Waals surface area contributed by atoms with Crippen LogP contribution in [0.25, 0.3) is 0 Å². The third-order valence-electron chi connectivity index (χ3n) is 4.25. The first-order chi connectivity index (χ1) is 11.7. The van der Waals surface area contributed by atoms with Gasteiger partial charge in [-0.15, -0.1) is 0 Å². The molecule has 1 aliphatic rings. The number of nitrogens with zero attached hydrogens (tertiary/aromatic N) is 4. The van der Waals surface area contributed by atoms with E-state index in [-0.39, 0.29) is 5.91 Å². The molecule has 1 unspecified atom stereocenters. The van der Waals surface area contributed by atoms with Crippen LogP contribution in [0.1, 0.15) is 22.8 Å². The second-order valence-corrected chi connectivity index (χ2v) is 6.00. The Bertz CT molecular complexity index is 636. The molecule has 1 amide bonds. The minimum atomic E-state index is -0.0394. The lowest BCUT2D eigenvalue weighted by molar-refractivity contribution is 0.0204. The predicted molar refractivity (Wildman–Crippen MR) is 89.8 cm³/mol. The molecule has 0 aliphatic carbocycles. The zero-order valence-corrected chi connectivity index (χ0v) is 13.9. The molecule has 1 fully saturated rings. The molecule has 128 valence electrons. The number of hydrogen-bond acceptors (Lipinski definition) is 5. The summed E-state index contributed by atoms with van der Waals surface area (Å²) in [4.78, 5) is 18.5. The standard InChI is InChI=1S/C17H23N5O2/c1-14(21-6-8-24-9-7-21)10-19-17(23)16-4-2-15(3-5-16)11-22-13-18-12-20-22/h2-5,12-14H,6-11H2,1H3,(H,19,23). The summed E-state index contributed by atoms with van der Waals surface area (Å²) in [5, 5.41) is 7.09. The van der Waals surface area contributed by atoms with Crippen molar-refractivity contribution in [3.8, 4) is 0 Å². The Morgan fingerprint density at radius 3 is 2.71 bits per heavy atom. The number of benzene rings is 1. The van der Waals surface area contributed by atoms with E-state index in [4.69, 9.17) is 4.74 Å². The molecule has 7 heteroatoms. The third-order valence-corrected chi connectivity index (χ3v) is 4.25. The van der Waals surface area contributed by atoms with Gasteiger partial charge in [0.1, 0.15) is 12.7 Å². The van der Waals surface area contributed by atoms with Gasteiger partial charge in [0, 0.05) is 31.2 Å². The van der Waals surface area contributed by atoms with E-state index in [2.05, 4.69) is 27.2 Å². The van der Waals surface area contributed by atoms with Gasteiger partial charge in [-0.1, -0.05) is 12.1 Å². The van der Waals surface area contributed by atoms with E-state index in [1.165, 1.54) is 6.33 Å². The largest absolute Gasteiger partial charge is 0.379 e. The van der Waals surface area contributed by atoms with Crippen LogP contribution < -0.4 is 5.32 Å². The Hall–Kier alpha value is -2.25. The normalized spacial score (nSPS) is 16.7. The van der Waals surface area contributed by atoms with E-state index in [0.717, 1.165) is 31.9 Å². The van der Waals surface area contributed by atoms with E-state index in [1.54, 1.807) is 11.0 Å². The Morgan fingerprint density at radius 2 is 2.04 bits per heavy atom.